The number of amides is 1. The van der Waals surface area contributed by atoms with E-state index in [-0.39, 0.29) is 17.8 Å². The molecule has 1 aliphatic heterocycles. The third kappa shape index (κ3) is 6.11. The highest BCUT2D eigenvalue weighted by Crippen LogP contribution is 2.19. The maximum absolute atomic E-state index is 13.0. The van der Waals surface area contributed by atoms with E-state index < -0.39 is 0 Å². The number of allylic oxidation sites excluding steroid dienone is 2. The molecule has 0 aromatic heterocycles. The Morgan fingerprint density at radius 2 is 1.96 bits per heavy atom. The van der Waals surface area contributed by atoms with E-state index in [2.05, 4.69) is 17.3 Å². The Balaban J connectivity index is 2.14. The first kappa shape index (κ1) is 20.5. The number of anilines is 1. The van der Waals surface area contributed by atoms with E-state index in [1.807, 2.05) is 30.3 Å². The van der Waals surface area contributed by atoms with Gasteiger partial charge in [0.05, 0.1) is 0 Å². The molecule has 1 aromatic carbocycles. The first-order valence-electron chi connectivity index (χ1n) is 9.17. The lowest BCUT2D eigenvalue weighted by Gasteiger charge is -2.37. The third-order valence-corrected chi connectivity index (χ3v) is 4.59. The fourth-order valence-electron chi connectivity index (χ4n) is 3.02. The smallest absolute Gasteiger partial charge is 0.255 e. The van der Waals surface area contributed by atoms with Gasteiger partial charge in [-0.05, 0) is 70.4 Å². The van der Waals surface area contributed by atoms with Crippen molar-refractivity contribution >= 4 is 17.4 Å². The van der Waals surface area contributed by atoms with E-state index >= 15 is 0 Å². The molecule has 0 saturated carbocycles. The molecule has 27 heavy (non-hydrogen) atoms. The zero-order valence-corrected chi connectivity index (χ0v) is 16.1. The fraction of sp³-hybridized carbons (Fsp3) is 0.333. The van der Waals surface area contributed by atoms with Crippen LogP contribution in [0, 0.1) is 5.41 Å². The highest BCUT2D eigenvalue weighted by atomic mass is 16.2. The Bertz CT molecular complexity index is 715. The Kier molecular flexibility index (Phi) is 7.82. The molecular formula is C21H29N5O. The lowest BCUT2D eigenvalue weighted by molar-refractivity contribution is -0.125. The number of nitrogens with zero attached hydrogens (tertiary/aromatic N) is 2. The van der Waals surface area contributed by atoms with Crippen LogP contribution in [0.5, 0.6) is 0 Å². The van der Waals surface area contributed by atoms with Crippen LogP contribution in [0.4, 0.5) is 5.69 Å². The molecule has 1 heterocycles. The Labute approximate surface area is 161 Å². The van der Waals surface area contributed by atoms with Crippen molar-refractivity contribution in [2.75, 3.05) is 25.5 Å². The average molecular weight is 367 g/mol. The van der Waals surface area contributed by atoms with Crippen LogP contribution in [0.15, 0.2) is 66.5 Å². The van der Waals surface area contributed by atoms with Gasteiger partial charge in [-0.15, -0.1) is 0 Å². The van der Waals surface area contributed by atoms with Gasteiger partial charge in [0.1, 0.15) is 5.84 Å². The fourth-order valence-corrected chi connectivity index (χ4v) is 3.02. The summed E-state index contributed by atoms with van der Waals surface area (Å²) in [4.78, 5) is 16.8. The highest BCUT2D eigenvalue weighted by molar-refractivity contribution is 6.09. The number of nitrogens with two attached hydrogens (primary N) is 1. The van der Waals surface area contributed by atoms with Crippen LogP contribution in [0.25, 0.3) is 0 Å². The molecule has 4 N–H and O–H groups in total. The molecule has 0 bridgehead atoms. The quantitative estimate of drug-likeness (QED) is 0.312. The monoisotopic (exact) mass is 367 g/mol. The number of nitrogens with one attached hydrogen (secondary N) is 2. The first-order chi connectivity index (χ1) is 13.0. The number of likely N-dealkylation sites (tertiary alicyclic amines) is 1. The molecule has 144 valence electrons. The summed E-state index contributed by atoms with van der Waals surface area (Å²) < 4.78 is 0. The molecule has 0 spiro atoms. The minimum atomic E-state index is -0.156. The van der Waals surface area contributed by atoms with Gasteiger partial charge in [-0.25, -0.2) is 0 Å². The highest BCUT2D eigenvalue weighted by Gasteiger charge is 2.29. The number of piperidine rings is 1. The van der Waals surface area contributed by atoms with Crippen molar-refractivity contribution < 1.29 is 4.79 Å². The molecule has 2 rings (SSSR count). The number of rotatable bonds is 6. The lowest BCUT2D eigenvalue weighted by atomic mass is 10.0. The summed E-state index contributed by atoms with van der Waals surface area (Å²) in [5.74, 6) is 0.0273. The van der Waals surface area contributed by atoms with E-state index in [1.54, 1.807) is 36.3 Å². The van der Waals surface area contributed by atoms with Gasteiger partial charge < -0.3 is 16.0 Å². The number of benzene rings is 1. The van der Waals surface area contributed by atoms with Crippen LogP contribution in [-0.2, 0) is 4.79 Å². The van der Waals surface area contributed by atoms with Crippen molar-refractivity contribution in [2.45, 2.75) is 25.8 Å². The molecule has 1 saturated heterocycles. The van der Waals surface area contributed by atoms with Crippen LogP contribution in [-0.4, -0.2) is 47.7 Å². The SMILES string of the molecule is C/C(=C\C=C/N)C(=O)N(C(=N)/C=C\Nc1ccccc1)C1CCN(C)CC1. The summed E-state index contributed by atoms with van der Waals surface area (Å²) >= 11 is 0. The standard InChI is InChI=1S/C21H29N5O/c1-17(7-6-13-22)21(27)26(19-11-15-25(2)16-12-19)20(23)10-14-24-18-8-4-3-5-9-18/h3-10,13-14,19,23-24H,11-12,15-16,22H2,1-2H3/b13-6-,14-10-,17-7+,23-20?. The minimum Gasteiger partial charge on any atom is -0.405 e. The Morgan fingerprint density at radius 1 is 1.30 bits per heavy atom. The van der Waals surface area contributed by atoms with Gasteiger partial charge in [0.25, 0.3) is 5.91 Å². The van der Waals surface area contributed by atoms with Crippen LogP contribution in [0.3, 0.4) is 0 Å². The van der Waals surface area contributed by atoms with Crippen molar-refractivity contribution in [3.8, 4) is 0 Å². The van der Waals surface area contributed by atoms with Gasteiger partial charge in [-0.2, -0.15) is 0 Å². The zero-order chi connectivity index (χ0) is 19.6. The lowest BCUT2D eigenvalue weighted by Crippen LogP contribution is -2.49. The van der Waals surface area contributed by atoms with E-state index in [0.717, 1.165) is 31.6 Å². The molecule has 1 aliphatic rings. The van der Waals surface area contributed by atoms with E-state index in [9.17, 15) is 4.79 Å². The van der Waals surface area contributed by atoms with E-state index in [1.165, 1.54) is 6.20 Å². The van der Waals surface area contributed by atoms with Gasteiger partial charge in [0.15, 0.2) is 0 Å². The second-order valence-electron chi connectivity index (χ2n) is 6.67. The van der Waals surface area contributed by atoms with Crippen molar-refractivity contribution in [3.05, 3.63) is 66.5 Å². The molecule has 6 nitrogen and oxygen atoms in total. The molecule has 0 unspecified atom stereocenters. The maximum atomic E-state index is 13.0. The maximum Gasteiger partial charge on any atom is 0.255 e. The normalized spacial score (nSPS) is 16.7. The van der Waals surface area contributed by atoms with Crippen molar-refractivity contribution in [2.24, 2.45) is 5.73 Å². The predicted octanol–water partition coefficient (Wildman–Crippen LogP) is 2.93. The van der Waals surface area contributed by atoms with Gasteiger partial charge in [0.2, 0.25) is 0 Å². The number of para-hydroxylation sites is 1. The topological polar surface area (TPSA) is 85.5 Å². The van der Waals surface area contributed by atoms with Crippen molar-refractivity contribution in [3.63, 3.8) is 0 Å². The molecule has 1 amide bonds. The second kappa shape index (κ2) is 10.3. The molecule has 1 fully saturated rings. The molecule has 0 aliphatic carbocycles. The molecule has 6 heteroatoms. The van der Waals surface area contributed by atoms with Crippen molar-refractivity contribution in [1.29, 1.82) is 5.41 Å². The average Bonchev–Trinajstić information content (AvgIpc) is 2.68. The van der Waals surface area contributed by atoms with Crippen LogP contribution in [0.1, 0.15) is 19.8 Å². The summed E-state index contributed by atoms with van der Waals surface area (Å²) in [5, 5.41) is 11.6. The van der Waals surface area contributed by atoms with Crippen molar-refractivity contribution in [1.82, 2.24) is 9.80 Å². The number of amidine groups is 1. The van der Waals surface area contributed by atoms with Gasteiger partial charge in [-0.1, -0.05) is 24.3 Å². The van der Waals surface area contributed by atoms with Gasteiger partial charge in [-0.3, -0.25) is 15.1 Å². The summed E-state index contributed by atoms with van der Waals surface area (Å²) in [7, 11) is 2.08. The van der Waals surface area contributed by atoms with Crippen LogP contribution >= 0.6 is 0 Å². The summed E-state index contributed by atoms with van der Waals surface area (Å²) in [6, 6.07) is 9.74. The number of hydrogen-bond acceptors (Lipinski definition) is 5. The van der Waals surface area contributed by atoms with E-state index in [4.69, 9.17) is 11.1 Å². The summed E-state index contributed by atoms with van der Waals surface area (Å²) in [5.41, 5.74) is 6.87. The summed E-state index contributed by atoms with van der Waals surface area (Å²) in [6.45, 7) is 3.59. The Morgan fingerprint density at radius 3 is 2.59 bits per heavy atom. The number of carbonyl (C=O) groups is 1. The largest absolute Gasteiger partial charge is 0.405 e. The third-order valence-electron chi connectivity index (χ3n) is 4.59. The molecule has 1 aromatic rings. The van der Waals surface area contributed by atoms with Crippen LogP contribution < -0.4 is 11.1 Å². The zero-order valence-electron chi connectivity index (χ0n) is 16.1. The first-order valence-corrected chi connectivity index (χ1v) is 9.17. The Hall–Kier alpha value is -2.86. The van der Waals surface area contributed by atoms with E-state index in [0.29, 0.717) is 5.57 Å². The minimum absolute atomic E-state index is 0.0211. The number of hydrogen-bond donors (Lipinski definition) is 3. The second-order valence-corrected chi connectivity index (χ2v) is 6.67. The molecule has 0 atom stereocenters. The van der Waals surface area contributed by atoms with Gasteiger partial charge in [0, 0.05) is 23.5 Å². The molecule has 0 radical (unpaired) electrons. The predicted molar refractivity (Wildman–Crippen MR) is 111 cm³/mol. The van der Waals surface area contributed by atoms with Crippen LogP contribution in [0.2, 0.25) is 0 Å². The number of carbonyl (C=O) groups excluding carboxylic acids is 1. The summed E-state index contributed by atoms with van der Waals surface area (Å²) in [6.07, 6.45) is 9.75. The molecular weight excluding hydrogens is 338 g/mol. The van der Waals surface area contributed by atoms with Gasteiger partial charge >= 0.3 is 0 Å².